The van der Waals surface area contributed by atoms with Crippen LogP contribution in [0.2, 0.25) is 0 Å². The predicted octanol–water partition coefficient (Wildman–Crippen LogP) is 1.85. The molecule has 0 atom stereocenters. The molecule has 1 saturated heterocycles. The van der Waals surface area contributed by atoms with Crippen molar-refractivity contribution in [1.29, 1.82) is 0 Å². The molecular formula is C15H15N3O7S. The third-order valence-corrected chi connectivity index (χ3v) is 6.18. The highest BCUT2D eigenvalue weighted by atomic mass is 32.2. The number of nitro benzene ring substituents is 1. The van der Waals surface area contributed by atoms with E-state index in [1.807, 2.05) is 0 Å². The van der Waals surface area contributed by atoms with Crippen LogP contribution in [0.5, 0.6) is 0 Å². The monoisotopic (exact) mass is 381 g/mol. The van der Waals surface area contributed by atoms with Gasteiger partial charge in [-0.15, -0.1) is 0 Å². The number of carbonyl (C=O) groups is 1. The number of non-ortho nitro benzene ring substituents is 1. The summed E-state index contributed by atoms with van der Waals surface area (Å²) in [6.07, 6.45) is 1.79. The second kappa shape index (κ2) is 6.84. The number of nitrogens with zero attached hydrogens (tertiary/aromatic N) is 3. The Hall–Kier alpha value is -2.79. The zero-order chi connectivity index (χ0) is 18.9. The third-order valence-electron chi connectivity index (χ3n) is 4.29. The molecule has 2 aromatic rings. The number of sulfonamides is 1. The maximum atomic E-state index is 12.7. The lowest BCUT2D eigenvalue weighted by atomic mass is 9.94. The van der Waals surface area contributed by atoms with Gasteiger partial charge in [-0.25, -0.2) is 18.2 Å². The molecule has 1 N–H and O–H groups in total. The van der Waals surface area contributed by atoms with Crippen molar-refractivity contribution in [3.63, 3.8) is 0 Å². The second-order valence-corrected chi connectivity index (χ2v) is 7.74. The Morgan fingerprint density at radius 1 is 1.35 bits per heavy atom. The molecule has 1 aliphatic rings. The van der Waals surface area contributed by atoms with Crippen LogP contribution in [0.25, 0.3) is 0 Å². The van der Waals surface area contributed by atoms with Gasteiger partial charge in [-0.2, -0.15) is 4.31 Å². The van der Waals surface area contributed by atoms with Crippen molar-refractivity contribution < 1.29 is 27.7 Å². The lowest BCUT2D eigenvalue weighted by Crippen LogP contribution is -2.38. The maximum absolute atomic E-state index is 12.7. The molecule has 0 amide bonds. The second-order valence-electron chi connectivity index (χ2n) is 5.80. The molecule has 0 unspecified atom stereocenters. The topological polar surface area (TPSA) is 144 Å². The fraction of sp³-hybridized carbons (Fsp3) is 0.333. The van der Waals surface area contributed by atoms with Gasteiger partial charge in [0.25, 0.3) is 5.69 Å². The average Bonchev–Trinajstić information content (AvgIpc) is 3.12. The molecule has 0 saturated carbocycles. The standard InChI is InChI=1S/C15H15N3O7S/c19-15(20)13-14(25-9-16-13)10-4-6-17(7-5-10)26(23,24)12-3-1-2-11(8-12)18(21)22/h1-3,8-10H,4-7H2,(H,19,20). The largest absolute Gasteiger partial charge is 0.476 e. The number of piperidine rings is 1. The van der Waals surface area contributed by atoms with Gasteiger partial charge in [0.2, 0.25) is 10.0 Å². The van der Waals surface area contributed by atoms with E-state index in [-0.39, 0.29) is 41.0 Å². The highest BCUT2D eigenvalue weighted by Gasteiger charge is 2.33. The molecule has 0 bridgehead atoms. The Kier molecular flexibility index (Phi) is 4.74. The van der Waals surface area contributed by atoms with Gasteiger partial charge in [0.05, 0.1) is 9.82 Å². The Labute approximate surface area is 148 Å². The van der Waals surface area contributed by atoms with Crippen LogP contribution in [0, 0.1) is 10.1 Å². The first-order valence-corrected chi connectivity index (χ1v) is 9.16. The summed E-state index contributed by atoms with van der Waals surface area (Å²) in [5.74, 6) is -1.20. The quantitative estimate of drug-likeness (QED) is 0.610. The Balaban J connectivity index is 1.77. The predicted molar refractivity (Wildman–Crippen MR) is 87.3 cm³/mol. The van der Waals surface area contributed by atoms with E-state index < -0.39 is 20.9 Å². The van der Waals surface area contributed by atoms with Crippen molar-refractivity contribution in [2.24, 2.45) is 0 Å². The summed E-state index contributed by atoms with van der Waals surface area (Å²) >= 11 is 0. The minimum atomic E-state index is -3.87. The minimum Gasteiger partial charge on any atom is -0.476 e. The number of benzene rings is 1. The summed E-state index contributed by atoms with van der Waals surface area (Å²) in [5, 5.41) is 20.0. The number of aromatic nitrogens is 1. The number of hydrogen-bond donors (Lipinski definition) is 1. The van der Waals surface area contributed by atoms with Gasteiger partial charge in [-0.3, -0.25) is 10.1 Å². The molecule has 1 fully saturated rings. The van der Waals surface area contributed by atoms with Gasteiger partial charge >= 0.3 is 5.97 Å². The lowest BCUT2D eigenvalue weighted by Gasteiger charge is -2.30. The number of carboxylic acids is 1. The van der Waals surface area contributed by atoms with Crippen molar-refractivity contribution >= 4 is 21.7 Å². The molecule has 1 aliphatic heterocycles. The van der Waals surface area contributed by atoms with Crippen LogP contribution in [0.1, 0.15) is 35.0 Å². The molecule has 0 aliphatic carbocycles. The average molecular weight is 381 g/mol. The first kappa shape index (κ1) is 18.0. The lowest BCUT2D eigenvalue weighted by molar-refractivity contribution is -0.385. The Bertz CT molecular complexity index is 946. The van der Waals surface area contributed by atoms with Crippen LogP contribution >= 0.6 is 0 Å². The van der Waals surface area contributed by atoms with Crippen molar-refractivity contribution in [2.45, 2.75) is 23.7 Å². The molecule has 3 rings (SSSR count). The van der Waals surface area contributed by atoms with Crippen LogP contribution in [0.15, 0.2) is 40.0 Å². The Morgan fingerprint density at radius 2 is 2.04 bits per heavy atom. The van der Waals surface area contributed by atoms with Gasteiger partial charge in [0.15, 0.2) is 12.1 Å². The van der Waals surface area contributed by atoms with E-state index in [4.69, 9.17) is 9.52 Å². The van der Waals surface area contributed by atoms with E-state index in [2.05, 4.69) is 4.98 Å². The number of oxazole rings is 1. The molecule has 0 radical (unpaired) electrons. The van der Waals surface area contributed by atoms with E-state index in [9.17, 15) is 23.3 Å². The third kappa shape index (κ3) is 3.30. The zero-order valence-corrected chi connectivity index (χ0v) is 14.3. The fourth-order valence-electron chi connectivity index (χ4n) is 2.97. The highest BCUT2D eigenvalue weighted by Crippen LogP contribution is 2.32. The summed E-state index contributed by atoms with van der Waals surface area (Å²) in [6.45, 7) is 0.297. The molecule has 10 nitrogen and oxygen atoms in total. The van der Waals surface area contributed by atoms with Crippen molar-refractivity contribution in [1.82, 2.24) is 9.29 Å². The first-order chi connectivity index (χ1) is 12.3. The summed E-state index contributed by atoms with van der Waals surface area (Å²) < 4.78 is 31.8. The molecule has 26 heavy (non-hydrogen) atoms. The van der Waals surface area contributed by atoms with Crippen molar-refractivity contribution in [3.05, 3.63) is 52.2 Å². The zero-order valence-electron chi connectivity index (χ0n) is 13.4. The number of carboxylic acid groups (broad SMARTS) is 1. The summed E-state index contributed by atoms with van der Waals surface area (Å²) in [6, 6.07) is 4.89. The van der Waals surface area contributed by atoms with Gasteiger partial charge in [0.1, 0.15) is 5.76 Å². The van der Waals surface area contributed by atoms with Crippen LogP contribution in [0.4, 0.5) is 5.69 Å². The maximum Gasteiger partial charge on any atom is 0.358 e. The molecule has 11 heteroatoms. The summed E-state index contributed by atoms with van der Waals surface area (Å²) in [5.41, 5.74) is -0.460. The SMILES string of the molecule is O=C(O)c1ncoc1C1CCN(S(=O)(=O)c2cccc([N+](=O)[O-])c2)CC1. The van der Waals surface area contributed by atoms with Gasteiger partial charge in [0, 0.05) is 31.1 Å². The summed E-state index contributed by atoms with van der Waals surface area (Å²) in [7, 11) is -3.87. The van der Waals surface area contributed by atoms with E-state index in [1.54, 1.807) is 0 Å². The smallest absolute Gasteiger partial charge is 0.358 e. The molecular weight excluding hydrogens is 366 g/mol. The normalized spacial score (nSPS) is 16.5. The number of nitro groups is 1. The molecule has 1 aromatic carbocycles. The minimum absolute atomic E-state index is 0.143. The molecule has 138 valence electrons. The number of aromatic carboxylic acids is 1. The molecule has 1 aromatic heterocycles. The molecule has 0 spiro atoms. The van der Waals surface area contributed by atoms with Crippen LogP contribution in [0.3, 0.4) is 0 Å². The van der Waals surface area contributed by atoms with Crippen LogP contribution < -0.4 is 0 Å². The first-order valence-electron chi connectivity index (χ1n) is 7.72. The van der Waals surface area contributed by atoms with Crippen molar-refractivity contribution in [3.8, 4) is 0 Å². The number of rotatable bonds is 5. The van der Waals surface area contributed by atoms with Gasteiger partial charge in [-0.1, -0.05) is 6.07 Å². The van der Waals surface area contributed by atoms with E-state index in [1.165, 1.54) is 22.5 Å². The van der Waals surface area contributed by atoms with E-state index in [0.717, 1.165) is 12.5 Å². The van der Waals surface area contributed by atoms with Crippen LogP contribution in [-0.2, 0) is 10.0 Å². The van der Waals surface area contributed by atoms with E-state index in [0.29, 0.717) is 12.8 Å². The van der Waals surface area contributed by atoms with E-state index >= 15 is 0 Å². The van der Waals surface area contributed by atoms with Crippen LogP contribution in [-0.4, -0.2) is 46.8 Å². The van der Waals surface area contributed by atoms with Gasteiger partial charge in [-0.05, 0) is 18.9 Å². The number of hydrogen-bond acceptors (Lipinski definition) is 7. The van der Waals surface area contributed by atoms with Crippen molar-refractivity contribution in [2.75, 3.05) is 13.1 Å². The highest BCUT2D eigenvalue weighted by molar-refractivity contribution is 7.89. The molecule has 2 heterocycles. The fourth-order valence-corrected chi connectivity index (χ4v) is 4.48. The van der Waals surface area contributed by atoms with Gasteiger partial charge < -0.3 is 9.52 Å². The summed E-state index contributed by atoms with van der Waals surface area (Å²) in [4.78, 5) is 24.9. The Morgan fingerprint density at radius 3 is 2.65 bits per heavy atom.